The second-order valence-electron chi connectivity index (χ2n) is 6.00. The van der Waals surface area contributed by atoms with Crippen molar-refractivity contribution in [3.05, 3.63) is 28.7 Å². The quantitative estimate of drug-likeness (QED) is 0.762. The normalized spacial score (nSPS) is 15.2. The summed E-state index contributed by atoms with van der Waals surface area (Å²) < 4.78 is 4.83. The van der Waals surface area contributed by atoms with Crippen LogP contribution in [0.1, 0.15) is 17.7 Å². The van der Waals surface area contributed by atoms with Crippen molar-refractivity contribution in [2.75, 3.05) is 42.7 Å². The van der Waals surface area contributed by atoms with Gasteiger partial charge in [-0.2, -0.15) is 0 Å². The van der Waals surface area contributed by atoms with Crippen molar-refractivity contribution in [3.8, 4) is 0 Å². The largest absolute Gasteiger partial charge is 0.469 e. The molecule has 2 aromatic rings. The summed E-state index contributed by atoms with van der Waals surface area (Å²) in [4.78, 5) is 23.7. The Morgan fingerprint density at radius 3 is 2.92 bits per heavy atom. The third-order valence-corrected chi connectivity index (χ3v) is 5.37. The van der Waals surface area contributed by atoms with Gasteiger partial charge in [0.05, 0.1) is 13.0 Å². The summed E-state index contributed by atoms with van der Waals surface area (Å²) in [6, 6.07) is 4.17. The average Bonchev–Trinajstić information content (AvgIpc) is 3.16. The molecule has 0 aliphatic carbocycles. The van der Waals surface area contributed by atoms with E-state index in [1.54, 1.807) is 11.3 Å². The van der Waals surface area contributed by atoms with E-state index in [2.05, 4.69) is 37.7 Å². The van der Waals surface area contributed by atoms with E-state index in [0.717, 1.165) is 44.7 Å². The molecular formula is C17H23N5O2S. The van der Waals surface area contributed by atoms with Crippen LogP contribution in [0.4, 0.5) is 17.3 Å². The van der Waals surface area contributed by atoms with Gasteiger partial charge in [-0.25, -0.2) is 9.97 Å². The molecule has 25 heavy (non-hydrogen) atoms. The van der Waals surface area contributed by atoms with E-state index in [9.17, 15) is 4.79 Å². The molecule has 0 amide bonds. The zero-order valence-corrected chi connectivity index (χ0v) is 15.1. The smallest absolute Gasteiger partial charge is 0.308 e. The van der Waals surface area contributed by atoms with Crippen LogP contribution in [0.15, 0.2) is 23.8 Å². The molecule has 0 aromatic carbocycles. The number of methoxy groups -OCH3 is 1. The fourth-order valence-corrected chi connectivity index (χ4v) is 3.74. The lowest BCUT2D eigenvalue weighted by molar-refractivity contribution is -0.146. The highest BCUT2D eigenvalue weighted by molar-refractivity contribution is 7.09. The molecule has 0 spiro atoms. The van der Waals surface area contributed by atoms with Crippen LogP contribution in [-0.4, -0.2) is 42.7 Å². The zero-order chi connectivity index (χ0) is 17.6. The minimum atomic E-state index is -0.133. The molecule has 134 valence electrons. The number of nitrogens with two attached hydrogens (primary N) is 1. The average molecular weight is 361 g/mol. The van der Waals surface area contributed by atoms with Gasteiger partial charge < -0.3 is 20.7 Å². The molecule has 1 aliphatic rings. The van der Waals surface area contributed by atoms with Gasteiger partial charge in [0, 0.05) is 24.5 Å². The first kappa shape index (κ1) is 17.5. The predicted molar refractivity (Wildman–Crippen MR) is 99.9 cm³/mol. The number of ether oxygens (including phenoxy) is 1. The molecule has 0 bridgehead atoms. The minimum absolute atomic E-state index is 0.0345. The molecule has 3 N–H and O–H groups in total. The summed E-state index contributed by atoms with van der Waals surface area (Å²) in [7, 11) is 1.44. The number of hydrogen-bond donors (Lipinski definition) is 2. The summed E-state index contributed by atoms with van der Waals surface area (Å²) in [6.45, 7) is 2.23. The van der Waals surface area contributed by atoms with Gasteiger partial charge in [-0.3, -0.25) is 4.79 Å². The third-order valence-electron chi connectivity index (χ3n) is 4.44. The topological polar surface area (TPSA) is 93.4 Å². The molecule has 3 heterocycles. The molecule has 0 saturated carbocycles. The van der Waals surface area contributed by atoms with Crippen LogP contribution < -0.4 is 16.0 Å². The highest BCUT2D eigenvalue weighted by atomic mass is 32.1. The van der Waals surface area contributed by atoms with Gasteiger partial charge in [-0.15, -0.1) is 11.3 Å². The second kappa shape index (κ2) is 8.15. The number of nitrogens with zero attached hydrogens (tertiary/aromatic N) is 3. The number of piperidine rings is 1. The number of esters is 1. The molecule has 1 fully saturated rings. The predicted octanol–water partition coefficient (Wildman–Crippen LogP) is 2.16. The summed E-state index contributed by atoms with van der Waals surface area (Å²) in [5, 5.41) is 5.37. The summed E-state index contributed by atoms with van der Waals surface area (Å²) in [5.74, 6) is 1.23. The number of hydrogen-bond acceptors (Lipinski definition) is 8. The Bertz CT molecular complexity index is 699. The monoisotopic (exact) mass is 361 g/mol. The number of carbonyl (C=O) groups is 1. The summed E-state index contributed by atoms with van der Waals surface area (Å²) in [6.07, 6.45) is 3.96. The number of carbonyl (C=O) groups excluding carboxylic acids is 1. The van der Waals surface area contributed by atoms with Crippen molar-refractivity contribution in [2.45, 2.75) is 19.3 Å². The number of rotatable bonds is 6. The number of anilines is 3. The van der Waals surface area contributed by atoms with Crippen LogP contribution in [0.5, 0.6) is 0 Å². The molecule has 1 aliphatic heterocycles. The third kappa shape index (κ3) is 4.19. The molecule has 1 saturated heterocycles. The van der Waals surface area contributed by atoms with E-state index in [1.807, 2.05) is 0 Å². The van der Waals surface area contributed by atoms with E-state index in [4.69, 9.17) is 10.5 Å². The zero-order valence-electron chi connectivity index (χ0n) is 14.3. The Balaban J connectivity index is 1.60. The number of nitrogen functional groups attached to an aromatic ring is 1. The Labute approximate surface area is 151 Å². The van der Waals surface area contributed by atoms with Crippen LogP contribution in [0, 0.1) is 5.92 Å². The van der Waals surface area contributed by atoms with Crippen molar-refractivity contribution >= 4 is 34.6 Å². The molecule has 0 radical (unpaired) electrons. The highest BCUT2D eigenvalue weighted by Crippen LogP contribution is 2.30. The fraction of sp³-hybridized carbons (Fsp3) is 0.471. The van der Waals surface area contributed by atoms with Crippen molar-refractivity contribution in [1.82, 2.24) is 9.97 Å². The van der Waals surface area contributed by atoms with Crippen LogP contribution in [0.25, 0.3) is 0 Å². The lowest BCUT2D eigenvalue weighted by atomic mass is 9.97. The van der Waals surface area contributed by atoms with Gasteiger partial charge in [0.25, 0.3) is 0 Å². The van der Waals surface area contributed by atoms with E-state index >= 15 is 0 Å². The second-order valence-corrected chi connectivity index (χ2v) is 7.03. The maximum Gasteiger partial charge on any atom is 0.308 e. The van der Waals surface area contributed by atoms with Gasteiger partial charge in [0.15, 0.2) is 11.6 Å². The first-order chi connectivity index (χ1) is 12.2. The van der Waals surface area contributed by atoms with Crippen molar-refractivity contribution in [3.63, 3.8) is 0 Å². The molecular weight excluding hydrogens is 338 g/mol. The SMILES string of the molecule is COC(=O)C1CCN(c2ncnc(NCCc3cccs3)c2N)CC1. The molecule has 2 aromatic heterocycles. The van der Waals surface area contributed by atoms with Gasteiger partial charge in [0.1, 0.15) is 12.0 Å². The number of thiophene rings is 1. The first-order valence-corrected chi connectivity index (χ1v) is 9.26. The van der Waals surface area contributed by atoms with Crippen molar-refractivity contribution in [2.24, 2.45) is 5.92 Å². The fourth-order valence-electron chi connectivity index (χ4n) is 3.03. The van der Waals surface area contributed by atoms with E-state index in [-0.39, 0.29) is 11.9 Å². The molecule has 7 nitrogen and oxygen atoms in total. The van der Waals surface area contributed by atoms with Crippen LogP contribution >= 0.6 is 11.3 Å². The van der Waals surface area contributed by atoms with E-state index < -0.39 is 0 Å². The Hall–Kier alpha value is -2.35. The molecule has 3 rings (SSSR count). The first-order valence-electron chi connectivity index (χ1n) is 8.38. The van der Waals surface area contributed by atoms with Crippen molar-refractivity contribution in [1.29, 1.82) is 0 Å². The van der Waals surface area contributed by atoms with Crippen molar-refractivity contribution < 1.29 is 9.53 Å². The lowest BCUT2D eigenvalue weighted by Gasteiger charge is -2.32. The Morgan fingerprint density at radius 1 is 1.44 bits per heavy atom. The van der Waals surface area contributed by atoms with E-state index in [1.165, 1.54) is 18.3 Å². The molecule has 0 unspecified atom stereocenters. The maximum absolute atomic E-state index is 11.6. The minimum Gasteiger partial charge on any atom is -0.469 e. The maximum atomic E-state index is 11.6. The van der Waals surface area contributed by atoms with E-state index in [0.29, 0.717) is 11.5 Å². The summed E-state index contributed by atoms with van der Waals surface area (Å²) >= 11 is 1.74. The molecule has 8 heteroatoms. The number of aromatic nitrogens is 2. The number of nitrogens with one attached hydrogen (secondary N) is 1. The van der Waals surface area contributed by atoms with Gasteiger partial charge in [0.2, 0.25) is 0 Å². The Kier molecular flexibility index (Phi) is 5.70. The Morgan fingerprint density at radius 2 is 2.24 bits per heavy atom. The lowest BCUT2D eigenvalue weighted by Crippen LogP contribution is -2.37. The van der Waals surface area contributed by atoms with Crippen LogP contribution in [0.3, 0.4) is 0 Å². The highest BCUT2D eigenvalue weighted by Gasteiger charge is 2.27. The van der Waals surface area contributed by atoms with Gasteiger partial charge in [-0.05, 0) is 30.7 Å². The standard InChI is InChI=1S/C17H23N5O2S/c1-24-17(23)12-5-8-22(9-6-12)16-14(18)15(20-11-21-16)19-7-4-13-3-2-10-25-13/h2-3,10-12H,4-9,18H2,1H3,(H,19,20,21). The molecule has 0 atom stereocenters. The van der Waals surface area contributed by atoms with Gasteiger partial charge >= 0.3 is 5.97 Å². The van der Waals surface area contributed by atoms with Gasteiger partial charge in [-0.1, -0.05) is 6.07 Å². The summed E-state index contributed by atoms with van der Waals surface area (Å²) in [5.41, 5.74) is 6.84. The van der Waals surface area contributed by atoms with Crippen LogP contribution in [-0.2, 0) is 16.0 Å². The van der Waals surface area contributed by atoms with Crippen LogP contribution in [0.2, 0.25) is 0 Å².